The molecule has 0 saturated heterocycles. The van der Waals surface area contributed by atoms with Crippen LogP contribution in [0.25, 0.3) is 10.9 Å². The minimum atomic E-state index is 0.751. The topological polar surface area (TPSA) is 34.1 Å². The largest absolute Gasteiger partial charge is 0.494 e. The third kappa shape index (κ3) is 2.55. The standard InChI is InChI=1S/C15H20N2O/c1-4-8-18-12-6-7-14-13(10-12)15(16-3)9-11(5-2)17-14/h6-7,9-10H,4-5,8H2,1-3H3,(H,16,17). The van der Waals surface area contributed by atoms with Crippen molar-refractivity contribution in [2.75, 3.05) is 19.0 Å². The molecule has 1 aromatic heterocycles. The lowest BCUT2D eigenvalue weighted by atomic mass is 10.1. The monoisotopic (exact) mass is 244 g/mol. The number of fused-ring (bicyclic) bond motifs is 1. The third-order valence-corrected chi connectivity index (χ3v) is 2.94. The van der Waals surface area contributed by atoms with E-state index in [2.05, 4.69) is 36.3 Å². The molecule has 1 aromatic carbocycles. The second-order valence-corrected chi connectivity index (χ2v) is 4.29. The quantitative estimate of drug-likeness (QED) is 0.872. The van der Waals surface area contributed by atoms with Gasteiger partial charge in [-0.05, 0) is 37.1 Å². The summed E-state index contributed by atoms with van der Waals surface area (Å²) < 4.78 is 5.66. The summed E-state index contributed by atoms with van der Waals surface area (Å²) in [5.41, 5.74) is 3.23. The van der Waals surface area contributed by atoms with Crippen LogP contribution in [0, 0.1) is 0 Å². The highest BCUT2D eigenvalue weighted by molar-refractivity contribution is 5.92. The number of pyridine rings is 1. The summed E-state index contributed by atoms with van der Waals surface area (Å²) >= 11 is 0. The Morgan fingerprint density at radius 2 is 2.06 bits per heavy atom. The van der Waals surface area contributed by atoms with E-state index in [1.807, 2.05) is 19.2 Å². The van der Waals surface area contributed by atoms with Gasteiger partial charge in [0.05, 0.1) is 12.1 Å². The van der Waals surface area contributed by atoms with Gasteiger partial charge in [0.15, 0.2) is 0 Å². The Morgan fingerprint density at radius 3 is 2.72 bits per heavy atom. The number of ether oxygens (including phenoxy) is 1. The highest BCUT2D eigenvalue weighted by atomic mass is 16.5. The minimum Gasteiger partial charge on any atom is -0.494 e. The molecule has 1 heterocycles. The van der Waals surface area contributed by atoms with Gasteiger partial charge in [-0.2, -0.15) is 0 Å². The molecule has 0 fully saturated rings. The maximum Gasteiger partial charge on any atom is 0.120 e. The lowest BCUT2D eigenvalue weighted by Gasteiger charge is -2.10. The molecule has 3 nitrogen and oxygen atoms in total. The Bertz CT molecular complexity index is 537. The Hall–Kier alpha value is -1.77. The smallest absolute Gasteiger partial charge is 0.120 e. The summed E-state index contributed by atoms with van der Waals surface area (Å²) in [6.45, 7) is 4.97. The number of rotatable bonds is 5. The van der Waals surface area contributed by atoms with Crippen LogP contribution in [-0.2, 0) is 6.42 Å². The molecule has 0 unspecified atom stereocenters. The summed E-state index contributed by atoms with van der Waals surface area (Å²) in [4.78, 5) is 4.63. The van der Waals surface area contributed by atoms with E-state index in [1.54, 1.807) is 0 Å². The van der Waals surface area contributed by atoms with E-state index >= 15 is 0 Å². The van der Waals surface area contributed by atoms with E-state index in [9.17, 15) is 0 Å². The van der Waals surface area contributed by atoms with E-state index < -0.39 is 0 Å². The first-order chi connectivity index (χ1) is 8.78. The number of nitrogens with zero attached hydrogens (tertiary/aromatic N) is 1. The molecule has 0 aliphatic carbocycles. The van der Waals surface area contributed by atoms with Crippen molar-refractivity contribution in [1.82, 2.24) is 4.98 Å². The SMILES string of the molecule is CCCOc1ccc2nc(CC)cc(NC)c2c1. The van der Waals surface area contributed by atoms with Gasteiger partial charge in [0, 0.05) is 23.8 Å². The molecule has 0 aliphatic rings. The van der Waals surface area contributed by atoms with Crippen LogP contribution < -0.4 is 10.1 Å². The lowest BCUT2D eigenvalue weighted by molar-refractivity contribution is 0.318. The molecule has 0 saturated carbocycles. The van der Waals surface area contributed by atoms with Crippen molar-refractivity contribution in [3.8, 4) is 5.75 Å². The summed E-state index contributed by atoms with van der Waals surface area (Å²) in [5, 5.41) is 4.35. The summed E-state index contributed by atoms with van der Waals surface area (Å²) in [6.07, 6.45) is 1.96. The summed E-state index contributed by atoms with van der Waals surface area (Å²) in [7, 11) is 1.94. The predicted octanol–water partition coefficient (Wildman–Crippen LogP) is 3.63. The average molecular weight is 244 g/mol. The maximum absolute atomic E-state index is 5.66. The van der Waals surface area contributed by atoms with Crippen molar-refractivity contribution in [3.05, 3.63) is 30.0 Å². The van der Waals surface area contributed by atoms with Crippen LogP contribution in [0.3, 0.4) is 0 Å². The van der Waals surface area contributed by atoms with Gasteiger partial charge in [-0.25, -0.2) is 0 Å². The number of hydrogen-bond acceptors (Lipinski definition) is 3. The highest BCUT2D eigenvalue weighted by Gasteiger charge is 2.05. The molecule has 3 heteroatoms. The molecule has 0 bridgehead atoms. The minimum absolute atomic E-state index is 0.751. The first-order valence-electron chi connectivity index (χ1n) is 6.52. The van der Waals surface area contributed by atoms with Crippen LogP contribution in [0.15, 0.2) is 24.3 Å². The van der Waals surface area contributed by atoms with E-state index in [0.717, 1.165) is 47.5 Å². The van der Waals surface area contributed by atoms with Crippen molar-refractivity contribution in [2.45, 2.75) is 26.7 Å². The molecule has 0 radical (unpaired) electrons. The first-order valence-corrected chi connectivity index (χ1v) is 6.52. The van der Waals surface area contributed by atoms with Gasteiger partial charge in [-0.3, -0.25) is 4.98 Å². The molecule has 2 aromatic rings. The predicted molar refractivity (Wildman–Crippen MR) is 76.5 cm³/mol. The third-order valence-electron chi connectivity index (χ3n) is 2.94. The van der Waals surface area contributed by atoms with Crippen molar-refractivity contribution in [1.29, 1.82) is 0 Å². The van der Waals surface area contributed by atoms with Crippen LogP contribution in [0.1, 0.15) is 26.0 Å². The Kier molecular flexibility index (Phi) is 4.03. The van der Waals surface area contributed by atoms with Crippen LogP contribution in [0.2, 0.25) is 0 Å². The van der Waals surface area contributed by atoms with Gasteiger partial charge in [-0.15, -0.1) is 0 Å². The summed E-state index contributed by atoms with van der Waals surface area (Å²) in [5.74, 6) is 0.909. The van der Waals surface area contributed by atoms with Crippen molar-refractivity contribution in [2.24, 2.45) is 0 Å². The molecule has 1 N–H and O–H groups in total. The zero-order chi connectivity index (χ0) is 13.0. The number of nitrogens with one attached hydrogen (secondary N) is 1. The van der Waals surface area contributed by atoms with Gasteiger partial charge in [-0.1, -0.05) is 13.8 Å². The van der Waals surface area contributed by atoms with E-state index in [0.29, 0.717) is 0 Å². The lowest BCUT2D eigenvalue weighted by Crippen LogP contribution is -1.98. The Balaban J connectivity index is 2.47. The van der Waals surface area contributed by atoms with Gasteiger partial charge >= 0.3 is 0 Å². The van der Waals surface area contributed by atoms with Crippen LogP contribution in [0.5, 0.6) is 5.75 Å². The van der Waals surface area contributed by atoms with Crippen LogP contribution >= 0.6 is 0 Å². The molecule has 0 aliphatic heterocycles. The van der Waals surface area contributed by atoms with E-state index in [4.69, 9.17) is 4.74 Å². The molecular weight excluding hydrogens is 224 g/mol. The van der Waals surface area contributed by atoms with Crippen LogP contribution in [0.4, 0.5) is 5.69 Å². The van der Waals surface area contributed by atoms with Crippen molar-refractivity contribution in [3.63, 3.8) is 0 Å². The normalized spacial score (nSPS) is 10.6. The Labute approximate surface area is 108 Å². The van der Waals surface area contributed by atoms with Gasteiger partial charge in [0.1, 0.15) is 5.75 Å². The fourth-order valence-electron chi connectivity index (χ4n) is 1.96. The molecule has 96 valence electrons. The molecule has 0 spiro atoms. The molecule has 18 heavy (non-hydrogen) atoms. The van der Waals surface area contributed by atoms with E-state index in [-0.39, 0.29) is 0 Å². The van der Waals surface area contributed by atoms with Crippen molar-refractivity contribution >= 4 is 16.6 Å². The average Bonchev–Trinajstić information content (AvgIpc) is 2.43. The van der Waals surface area contributed by atoms with Crippen LogP contribution in [-0.4, -0.2) is 18.6 Å². The van der Waals surface area contributed by atoms with E-state index in [1.165, 1.54) is 0 Å². The zero-order valence-electron chi connectivity index (χ0n) is 11.3. The van der Waals surface area contributed by atoms with Gasteiger partial charge in [0.2, 0.25) is 0 Å². The number of anilines is 1. The molecule has 0 amide bonds. The molecular formula is C15H20N2O. The zero-order valence-corrected chi connectivity index (χ0v) is 11.3. The second-order valence-electron chi connectivity index (χ2n) is 4.29. The highest BCUT2D eigenvalue weighted by Crippen LogP contribution is 2.27. The summed E-state index contributed by atoms with van der Waals surface area (Å²) in [6, 6.07) is 8.18. The fourth-order valence-corrected chi connectivity index (χ4v) is 1.96. The number of hydrogen-bond donors (Lipinski definition) is 1. The maximum atomic E-state index is 5.66. The first kappa shape index (κ1) is 12.7. The Morgan fingerprint density at radius 1 is 1.22 bits per heavy atom. The van der Waals surface area contributed by atoms with Crippen molar-refractivity contribution < 1.29 is 4.74 Å². The molecule has 2 rings (SSSR count). The van der Waals surface area contributed by atoms with Gasteiger partial charge in [0.25, 0.3) is 0 Å². The fraction of sp³-hybridized carbons (Fsp3) is 0.400. The number of aromatic nitrogens is 1. The van der Waals surface area contributed by atoms with Gasteiger partial charge < -0.3 is 10.1 Å². The number of aryl methyl sites for hydroxylation is 1. The molecule has 0 atom stereocenters. The number of benzene rings is 1. The second kappa shape index (κ2) is 5.71.